The average molecular weight is 323 g/mol. The lowest BCUT2D eigenvalue weighted by Gasteiger charge is -2.14. The molecule has 8 heteroatoms. The first-order valence-electron chi connectivity index (χ1n) is 6.37. The highest BCUT2D eigenvalue weighted by molar-refractivity contribution is 7.89. The van der Waals surface area contributed by atoms with E-state index in [2.05, 4.69) is 0 Å². The van der Waals surface area contributed by atoms with Crippen molar-refractivity contribution in [2.45, 2.75) is 24.7 Å². The zero-order valence-electron chi connectivity index (χ0n) is 11.8. The molecule has 0 unspecified atom stereocenters. The molecule has 0 heterocycles. The Hall–Kier alpha value is -1.25. The van der Waals surface area contributed by atoms with Crippen molar-refractivity contribution in [3.63, 3.8) is 0 Å². The van der Waals surface area contributed by atoms with Crippen LogP contribution in [-0.2, 0) is 10.0 Å². The van der Waals surface area contributed by atoms with Crippen LogP contribution < -0.4 is 9.46 Å². The number of hydrogen-bond acceptors (Lipinski definition) is 4. The number of nitrogens with one attached hydrogen (secondary N) is 1. The minimum absolute atomic E-state index is 0.145. The molecule has 0 atom stereocenters. The van der Waals surface area contributed by atoms with E-state index in [-0.39, 0.29) is 4.90 Å². The second-order valence-corrected chi connectivity index (χ2v) is 6.78. The minimum atomic E-state index is -4.05. The number of hydrogen-bond donors (Lipinski definition) is 2. The van der Waals surface area contributed by atoms with E-state index >= 15 is 0 Å². The second kappa shape index (κ2) is 7.15. The van der Waals surface area contributed by atoms with Crippen LogP contribution in [0.1, 0.15) is 13.8 Å². The summed E-state index contributed by atoms with van der Waals surface area (Å²) in [4.78, 5) is -0.145. The van der Waals surface area contributed by atoms with E-state index in [4.69, 9.17) is 9.84 Å². The molecular weight excluding hydrogens is 304 g/mol. The summed E-state index contributed by atoms with van der Waals surface area (Å²) in [6.45, 7) is 1.87. The minimum Gasteiger partial charge on any atom is -0.493 e. The van der Waals surface area contributed by atoms with Crippen LogP contribution in [0.2, 0.25) is 0 Å². The molecule has 0 aromatic heterocycles. The van der Waals surface area contributed by atoms with Crippen LogP contribution in [0.4, 0.5) is 8.78 Å². The maximum absolute atomic E-state index is 12.8. The van der Waals surface area contributed by atoms with Crippen molar-refractivity contribution in [1.82, 2.24) is 4.72 Å². The van der Waals surface area contributed by atoms with Crippen LogP contribution in [0.15, 0.2) is 29.2 Å². The third-order valence-corrected chi connectivity index (χ3v) is 3.89. The van der Waals surface area contributed by atoms with E-state index in [0.29, 0.717) is 18.3 Å². The van der Waals surface area contributed by atoms with Crippen LogP contribution in [-0.4, -0.2) is 39.2 Å². The van der Waals surface area contributed by atoms with Crippen LogP contribution >= 0.6 is 0 Å². The fourth-order valence-corrected chi connectivity index (χ4v) is 2.38. The summed E-state index contributed by atoms with van der Waals surface area (Å²) in [5, 5.41) is 8.40. The maximum atomic E-state index is 12.8. The molecule has 0 saturated carbocycles. The van der Waals surface area contributed by atoms with E-state index in [0.717, 1.165) is 0 Å². The molecule has 21 heavy (non-hydrogen) atoms. The first-order chi connectivity index (χ1) is 9.66. The third-order valence-electron chi connectivity index (χ3n) is 2.47. The third kappa shape index (κ3) is 5.94. The summed E-state index contributed by atoms with van der Waals surface area (Å²) >= 11 is 0. The molecule has 0 radical (unpaired) electrons. The molecule has 120 valence electrons. The summed E-state index contributed by atoms with van der Waals surface area (Å²) in [5.74, 6) is -2.66. The topological polar surface area (TPSA) is 75.6 Å². The van der Waals surface area contributed by atoms with Gasteiger partial charge in [-0.2, -0.15) is 0 Å². The average Bonchev–Trinajstić information content (AvgIpc) is 2.44. The number of halogens is 2. The van der Waals surface area contributed by atoms with Gasteiger partial charge in [0.1, 0.15) is 12.4 Å². The number of rotatable bonds is 8. The molecule has 1 aromatic carbocycles. The summed E-state index contributed by atoms with van der Waals surface area (Å²) in [7, 11) is -4.05. The van der Waals surface area contributed by atoms with Gasteiger partial charge in [0.2, 0.25) is 10.0 Å². The molecule has 0 aliphatic heterocycles. The van der Waals surface area contributed by atoms with Crippen molar-refractivity contribution in [3.05, 3.63) is 24.3 Å². The number of sulfonamides is 1. The summed E-state index contributed by atoms with van der Waals surface area (Å²) in [6, 6.07) is 5.46. The molecule has 2 N–H and O–H groups in total. The second-order valence-electron chi connectivity index (χ2n) is 5.01. The molecule has 0 saturated heterocycles. The Kier molecular flexibility index (Phi) is 6.06. The molecule has 0 fully saturated rings. The van der Waals surface area contributed by atoms with Gasteiger partial charge in [0.05, 0.1) is 18.0 Å². The summed E-state index contributed by atoms with van der Waals surface area (Å²) < 4.78 is 56.5. The zero-order chi connectivity index (χ0) is 16.1. The largest absolute Gasteiger partial charge is 0.493 e. The van der Waals surface area contributed by atoms with Gasteiger partial charge in [-0.1, -0.05) is 13.8 Å². The molecule has 1 aromatic rings. The SMILES string of the molecule is CC(C)COc1ccc(S(=O)(=O)NCC(F)(F)CO)cc1. The Bertz CT molecular complexity index is 544. The number of ether oxygens (including phenoxy) is 1. The molecule has 0 amide bonds. The lowest BCUT2D eigenvalue weighted by Crippen LogP contribution is -2.38. The molecule has 5 nitrogen and oxygen atoms in total. The Morgan fingerprint density at radius 2 is 1.86 bits per heavy atom. The summed E-state index contributed by atoms with van der Waals surface area (Å²) in [5.41, 5.74) is 0. The van der Waals surface area contributed by atoms with Gasteiger partial charge in [0.25, 0.3) is 5.92 Å². The van der Waals surface area contributed by atoms with E-state index in [1.54, 1.807) is 4.72 Å². The highest BCUT2D eigenvalue weighted by atomic mass is 32.2. The van der Waals surface area contributed by atoms with E-state index in [1.807, 2.05) is 13.8 Å². The zero-order valence-corrected chi connectivity index (χ0v) is 12.7. The summed E-state index contributed by atoms with van der Waals surface area (Å²) in [6.07, 6.45) is 0. The fraction of sp³-hybridized carbons (Fsp3) is 0.538. The molecular formula is C13H19F2NO4S. The predicted octanol–water partition coefficient (Wildman–Crippen LogP) is 1.63. The van der Waals surface area contributed by atoms with Gasteiger partial charge in [-0.3, -0.25) is 0 Å². The van der Waals surface area contributed by atoms with Crippen LogP contribution in [0.25, 0.3) is 0 Å². The number of alkyl halides is 2. The van der Waals surface area contributed by atoms with E-state index in [1.165, 1.54) is 24.3 Å². The number of aliphatic hydroxyl groups excluding tert-OH is 1. The fourth-order valence-electron chi connectivity index (χ4n) is 1.32. The van der Waals surface area contributed by atoms with Gasteiger partial charge in [-0.05, 0) is 30.2 Å². The highest BCUT2D eigenvalue weighted by Gasteiger charge is 2.30. The predicted molar refractivity (Wildman–Crippen MR) is 74.0 cm³/mol. The smallest absolute Gasteiger partial charge is 0.283 e. The standard InChI is InChI=1S/C13H19F2NO4S/c1-10(2)7-20-11-3-5-12(6-4-11)21(18,19)16-8-13(14,15)9-17/h3-6,10,16-17H,7-9H2,1-2H3. The number of benzene rings is 1. The first-order valence-corrected chi connectivity index (χ1v) is 7.86. The van der Waals surface area contributed by atoms with Crippen LogP contribution in [0.5, 0.6) is 5.75 Å². The first kappa shape index (κ1) is 17.8. The monoisotopic (exact) mass is 323 g/mol. The Morgan fingerprint density at radius 1 is 1.29 bits per heavy atom. The van der Waals surface area contributed by atoms with Crippen LogP contribution in [0.3, 0.4) is 0 Å². The van der Waals surface area contributed by atoms with Crippen LogP contribution in [0, 0.1) is 5.92 Å². The molecule has 0 spiro atoms. The Labute approximate surface area is 123 Å². The van der Waals surface area contributed by atoms with Gasteiger partial charge >= 0.3 is 0 Å². The molecule has 1 rings (SSSR count). The Balaban J connectivity index is 2.71. The van der Waals surface area contributed by atoms with Crippen molar-refractivity contribution < 1.29 is 27.0 Å². The lowest BCUT2D eigenvalue weighted by atomic mass is 10.2. The molecule has 0 bridgehead atoms. The van der Waals surface area contributed by atoms with Crippen molar-refractivity contribution in [2.75, 3.05) is 19.8 Å². The van der Waals surface area contributed by atoms with Crippen molar-refractivity contribution in [3.8, 4) is 5.75 Å². The van der Waals surface area contributed by atoms with Gasteiger partial charge in [-0.15, -0.1) is 0 Å². The maximum Gasteiger partial charge on any atom is 0.283 e. The van der Waals surface area contributed by atoms with Crippen molar-refractivity contribution in [2.24, 2.45) is 5.92 Å². The van der Waals surface area contributed by atoms with Gasteiger partial charge < -0.3 is 9.84 Å². The highest BCUT2D eigenvalue weighted by Crippen LogP contribution is 2.18. The number of aliphatic hydroxyl groups is 1. The molecule has 0 aliphatic carbocycles. The normalized spacial score (nSPS) is 12.7. The van der Waals surface area contributed by atoms with Gasteiger partial charge in [0.15, 0.2) is 0 Å². The van der Waals surface area contributed by atoms with E-state index < -0.39 is 29.1 Å². The van der Waals surface area contributed by atoms with E-state index in [9.17, 15) is 17.2 Å². The molecule has 0 aliphatic rings. The van der Waals surface area contributed by atoms with Gasteiger partial charge in [0, 0.05) is 0 Å². The Morgan fingerprint density at radius 3 is 2.33 bits per heavy atom. The quantitative estimate of drug-likeness (QED) is 0.762. The lowest BCUT2D eigenvalue weighted by molar-refractivity contribution is -0.0437. The van der Waals surface area contributed by atoms with Crippen molar-refractivity contribution in [1.29, 1.82) is 0 Å². The van der Waals surface area contributed by atoms with Gasteiger partial charge in [-0.25, -0.2) is 21.9 Å². The van der Waals surface area contributed by atoms with Crippen molar-refractivity contribution >= 4 is 10.0 Å².